The first-order valence-electron chi connectivity index (χ1n) is 14.6. The van der Waals surface area contributed by atoms with E-state index in [0.29, 0.717) is 34.7 Å². The molecular formula is C28H31F11N4O5S. The van der Waals surface area contributed by atoms with Crippen molar-refractivity contribution in [2.24, 2.45) is 0 Å². The van der Waals surface area contributed by atoms with Crippen molar-refractivity contribution >= 4 is 46.3 Å². The number of anilines is 1. The van der Waals surface area contributed by atoms with Crippen LogP contribution in [-0.4, -0.2) is 80.9 Å². The molecule has 1 aliphatic heterocycles. The summed E-state index contributed by atoms with van der Waals surface area (Å²) in [4.78, 5) is 49.8. The van der Waals surface area contributed by atoms with Crippen molar-refractivity contribution < 1.29 is 67.6 Å². The Morgan fingerprint density at radius 3 is 2.00 bits per heavy atom. The van der Waals surface area contributed by atoms with Crippen molar-refractivity contribution in [3.05, 3.63) is 33.9 Å². The molecule has 0 radical (unpaired) electrons. The van der Waals surface area contributed by atoms with Crippen LogP contribution in [0.2, 0.25) is 0 Å². The van der Waals surface area contributed by atoms with Crippen LogP contribution in [-0.2, 0) is 15.8 Å². The fourth-order valence-corrected chi connectivity index (χ4v) is 5.27. The second-order valence-corrected chi connectivity index (χ2v) is 12.2. The Hall–Kier alpha value is -3.65. The van der Waals surface area contributed by atoms with Gasteiger partial charge < -0.3 is 9.80 Å². The van der Waals surface area contributed by atoms with E-state index in [0.717, 1.165) is 11.0 Å². The molecule has 1 aromatic carbocycles. The number of nitrogens with zero attached hydrogens (tertiary/aromatic N) is 4. The number of amides is 4. The Morgan fingerprint density at radius 1 is 0.898 bits per heavy atom. The van der Waals surface area contributed by atoms with Crippen molar-refractivity contribution in [3.8, 4) is 0 Å². The van der Waals surface area contributed by atoms with Crippen LogP contribution < -0.4 is 4.90 Å². The molecule has 0 bridgehead atoms. The molecular weight excluding hydrogens is 713 g/mol. The lowest BCUT2D eigenvalue weighted by molar-refractivity contribution is -0.388. The zero-order chi connectivity index (χ0) is 37.8. The molecule has 1 aromatic rings. The largest absolute Gasteiger partial charge is 0.471 e. The number of alkyl halides is 11. The molecule has 0 atom stereocenters. The Balaban J connectivity index is 1.91. The molecule has 0 saturated carbocycles. The lowest BCUT2D eigenvalue weighted by atomic mass is 10.0. The molecule has 1 saturated heterocycles. The van der Waals surface area contributed by atoms with E-state index in [1.54, 1.807) is 0 Å². The molecule has 276 valence electrons. The second kappa shape index (κ2) is 15.5. The average Bonchev–Trinajstić information content (AvgIpc) is 3.12. The summed E-state index contributed by atoms with van der Waals surface area (Å²) in [5, 5.41) is 11.1. The van der Waals surface area contributed by atoms with Gasteiger partial charge in [0.05, 0.1) is 10.6 Å². The van der Waals surface area contributed by atoms with Crippen LogP contribution >= 0.6 is 12.2 Å². The third-order valence-electron chi connectivity index (χ3n) is 7.65. The minimum atomic E-state index is -5.89. The molecule has 0 spiro atoms. The van der Waals surface area contributed by atoms with Crippen molar-refractivity contribution in [1.29, 1.82) is 0 Å². The van der Waals surface area contributed by atoms with Gasteiger partial charge in [0.25, 0.3) is 11.6 Å². The maximum absolute atomic E-state index is 13.5. The van der Waals surface area contributed by atoms with E-state index in [9.17, 15) is 72.8 Å². The van der Waals surface area contributed by atoms with E-state index in [1.807, 2.05) is 0 Å². The number of rotatable bonds is 16. The van der Waals surface area contributed by atoms with Crippen LogP contribution in [0.4, 0.5) is 64.5 Å². The van der Waals surface area contributed by atoms with E-state index in [-0.39, 0.29) is 37.1 Å². The zero-order valence-corrected chi connectivity index (χ0v) is 26.7. The van der Waals surface area contributed by atoms with Crippen LogP contribution in [0.1, 0.15) is 70.8 Å². The molecule has 1 heterocycles. The maximum Gasteiger partial charge on any atom is 0.471 e. The third kappa shape index (κ3) is 10.4. The summed E-state index contributed by atoms with van der Waals surface area (Å²) in [5.41, 5.74) is -4.91. The summed E-state index contributed by atoms with van der Waals surface area (Å²) >= 11 is 5.19. The molecule has 1 aliphatic rings. The topological polar surface area (TPSA) is 104 Å². The minimum Gasteiger partial charge on any atom is -0.335 e. The number of nitro benzene ring substituents is 1. The minimum absolute atomic E-state index is 0.0198. The number of carbonyl (C=O) groups excluding carboxylic acids is 3. The molecule has 4 amide bonds. The van der Waals surface area contributed by atoms with Crippen LogP contribution in [0.25, 0.3) is 0 Å². The predicted octanol–water partition coefficient (Wildman–Crippen LogP) is 8.24. The smallest absolute Gasteiger partial charge is 0.335 e. The first kappa shape index (κ1) is 41.5. The van der Waals surface area contributed by atoms with Crippen molar-refractivity contribution in [3.63, 3.8) is 0 Å². The number of hydrogen-bond acceptors (Lipinski definition) is 6. The number of urea groups is 1. The number of imide groups is 1. The van der Waals surface area contributed by atoms with Crippen LogP contribution in [0, 0.1) is 10.1 Å². The van der Waals surface area contributed by atoms with Gasteiger partial charge in [0.15, 0.2) is 0 Å². The van der Waals surface area contributed by atoms with Crippen LogP contribution in [0.5, 0.6) is 0 Å². The van der Waals surface area contributed by atoms with Gasteiger partial charge in [0, 0.05) is 32.1 Å². The van der Waals surface area contributed by atoms with E-state index in [4.69, 9.17) is 12.2 Å². The van der Waals surface area contributed by atoms with Gasteiger partial charge in [0.1, 0.15) is 11.1 Å². The van der Waals surface area contributed by atoms with E-state index < -0.39 is 95.6 Å². The normalized spacial score (nSPS) is 15.6. The Morgan fingerprint density at radius 2 is 1.47 bits per heavy atom. The van der Waals surface area contributed by atoms with Gasteiger partial charge in [-0.1, -0.05) is 18.6 Å². The quantitative estimate of drug-likeness (QED) is 0.0422. The number of carbonyl (C=O) groups is 3. The maximum atomic E-state index is 13.5. The molecule has 0 aromatic heterocycles. The standard InChI is InChI=1S/C28H31F11N4O5S/c1-24(2)21(44)42(17-10-11-20(43(47)48)19(16-17)26(31,32)33)23(46)41(24)15-5-3-4-8-18(49)9-6-13-40(22(45)27(34,35)36)14-7-12-25(29,30)28(37,38)39/h10-11,16H,3-9,12-15H2,1-2H3. The molecule has 2 rings (SSSR count). The highest BCUT2D eigenvalue weighted by Gasteiger charge is 2.57. The SMILES string of the molecule is CC1(C)C(=O)N(c2ccc([N+](=O)[O-])c(C(F)(F)F)c2)C(=O)N1CCCCCC(=S)CCCN(CCCC(F)(F)C(F)(F)F)C(=O)C(F)(F)F. The van der Waals surface area contributed by atoms with Gasteiger partial charge in [-0.05, 0) is 69.4 Å². The summed E-state index contributed by atoms with van der Waals surface area (Å²) in [6.07, 6.45) is -18.1. The molecule has 0 aliphatic carbocycles. The van der Waals surface area contributed by atoms with E-state index in [2.05, 4.69) is 0 Å². The number of nitro groups is 1. The Labute approximate surface area is 277 Å². The number of unbranched alkanes of at least 4 members (excludes halogenated alkanes) is 2. The third-order valence-corrected chi connectivity index (χ3v) is 8.06. The first-order valence-corrected chi connectivity index (χ1v) is 15.0. The fourth-order valence-electron chi connectivity index (χ4n) is 4.98. The van der Waals surface area contributed by atoms with Crippen molar-refractivity contribution in [2.75, 3.05) is 24.5 Å². The van der Waals surface area contributed by atoms with Gasteiger partial charge in [0.2, 0.25) is 0 Å². The molecule has 49 heavy (non-hydrogen) atoms. The predicted molar refractivity (Wildman–Crippen MR) is 155 cm³/mol. The highest BCUT2D eigenvalue weighted by molar-refractivity contribution is 7.80. The zero-order valence-electron chi connectivity index (χ0n) is 25.9. The number of hydrogen-bond donors (Lipinski definition) is 0. The lowest BCUT2D eigenvalue weighted by Gasteiger charge is -2.27. The summed E-state index contributed by atoms with van der Waals surface area (Å²) < 4.78 is 142. The fraction of sp³-hybridized carbons (Fsp3) is 0.643. The van der Waals surface area contributed by atoms with Gasteiger partial charge in [-0.3, -0.25) is 19.7 Å². The molecule has 21 heteroatoms. The average molecular weight is 745 g/mol. The van der Waals surface area contributed by atoms with E-state index >= 15 is 0 Å². The molecule has 1 fully saturated rings. The summed E-state index contributed by atoms with van der Waals surface area (Å²) in [6.45, 7) is 1.12. The van der Waals surface area contributed by atoms with Crippen molar-refractivity contribution in [2.45, 2.75) is 95.2 Å². The lowest BCUT2D eigenvalue weighted by Crippen LogP contribution is -2.44. The van der Waals surface area contributed by atoms with Crippen LogP contribution in [0.15, 0.2) is 18.2 Å². The highest BCUT2D eigenvalue weighted by atomic mass is 32.1. The first-order chi connectivity index (χ1) is 22.2. The monoisotopic (exact) mass is 744 g/mol. The number of thiocarbonyl (C=S) groups is 1. The molecule has 9 nitrogen and oxygen atoms in total. The number of halogens is 11. The van der Waals surface area contributed by atoms with Crippen LogP contribution in [0.3, 0.4) is 0 Å². The summed E-state index contributed by atoms with van der Waals surface area (Å²) in [5.74, 6) is -8.39. The number of benzene rings is 1. The Bertz CT molecular complexity index is 1410. The summed E-state index contributed by atoms with van der Waals surface area (Å²) in [7, 11) is 0. The summed E-state index contributed by atoms with van der Waals surface area (Å²) in [6, 6.07) is 0.795. The van der Waals surface area contributed by atoms with Gasteiger partial charge in [-0.15, -0.1) is 0 Å². The Kier molecular flexibility index (Phi) is 13.1. The second-order valence-electron chi connectivity index (χ2n) is 11.6. The molecule has 0 N–H and O–H groups in total. The van der Waals surface area contributed by atoms with Crippen molar-refractivity contribution in [1.82, 2.24) is 9.80 Å². The van der Waals surface area contributed by atoms with Gasteiger partial charge in [-0.25, -0.2) is 9.69 Å². The van der Waals surface area contributed by atoms with Gasteiger partial charge in [-0.2, -0.15) is 48.3 Å². The van der Waals surface area contributed by atoms with Gasteiger partial charge >= 0.3 is 36.4 Å². The highest BCUT2D eigenvalue weighted by Crippen LogP contribution is 2.41. The van der Waals surface area contributed by atoms with E-state index in [1.165, 1.54) is 13.8 Å². The molecule has 0 unspecified atom stereocenters.